The lowest BCUT2D eigenvalue weighted by Gasteiger charge is -2.36. The van der Waals surface area contributed by atoms with Gasteiger partial charge in [0.1, 0.15) is 11.5 Å². The van der Waals surface area contributed by atoms with Crippen LogP contribution in [0.3, 0.4) is 0 Å². The van der Waals surface area contributed by atoms with Gasteiger partial charge in [-0.1, -0.05) is 36.4 Å². The SMILES string of the molecule is COCCCN1C(=O)COc2ccc(N(C(=O)[C@H]3CNCC[C@@H]3c3cccc(-c4ccc(OC(C)(C)C(=O)O)cc4)c3)C3CC3)cc21. The summed E-state index contributed by atoms with van der Waals surface area (Å²) in [4.78, 5) is 42.6. The Kier molecular flexibility index (Phi) is 9.52. The number of carboxylic acid groups (broad SMARTS) is 1. The van der Waals surface area contributed by atoms with Gasteiger partial charge >= 0.3 is 5.97 Å². The van der Waals surface area contributed by atoms with Gasteiger partial charge in [-0.15, -0.1) is 0 Å². The maximum absolute atomic E-state index is 14.5. The van der Waals surface area contributed by atoms with Crippen LogP contribution in [0.5, 0.6) is 11.5 Å². The first kappa shape index (κ1) is 32.5. The summed E-state index contributed by atoms with van der Waals surface area (Å²) in [5, 5.41) is 12.9. The van der Waals surface area contributed by atoms with Gasteiger partial charge in [0.2, 0.25) is 5.91 Å². The Bertz CT molecular complexity index is 1620. The summed E-state index contributed by atoms with van der Waals surface area (Å²) in [7, 11) is 1.65. The minimum atomic E-state index is -1.33. The van der Waals surface area contributed by atoms with E-state index in [0.717, 1.165) is 48.2 Å². The summed E-state index contributed by atoms with van der Waals surface area (Å²) in [5.41, 5.74) is 3.26. The number of methoxy groups -OCH3 is 1. The van der Waals surface area contributed by atoms with E-state index in [1.54, 1.807) is 24.1 Å². The molecule has 2 aliphatic heterocycles. The molecule has 0 aromatic heterocycles. The van der Waals surface area contributed by atoms with Crippen molar-refractivity contribution in [3.05, 3.63) is 72.3 Å². The number of nitrogens with one attached hydrogen (secondary N) is 1. The zero-order valence-corrected chi connectivity index (χ0v) is 27.2. The number of hydrogen-bond acceptors (Lipinski definition) is 7. The second kappa shape index (κ2) is 13.8. The molecule has 0 radical (unpaired) electrons. The van der Waals surface area contributed by atoms with Crippen molar-refractivity contribution in [3.63, 3.8) is 0 Å². The zero-order valence-electron chi connectivity index (χ0n) is 27.2. The predicted molar refractivity (Wildman–Crippen MR) is 179 cm³/mol. The van der Waals surface area contributed by atoms with Crippen LogP contribution in [0, 0.1) is 5.92 Å². The second-order valence-electron chi connectivity index (χ2n) is 13.0. The van der Waals surface area contributed by atoms with Crippen LogP contribution in [-0.4, -0.2) is 74.5 Å². The molecule has 0 spiro atoms. The molecule has 248 valence electrons. The standard InChI is InChI=1S/C37H43N3O7/c1-37(2,36(43)44)47-29-13-8-24(9-14-29)25-6-4-7-26(20-25)30-16-17-38-22-31(30)35(42)40(27-10-11-27)28-12-15-33-32(21-28)39(18-5-19-45-3)34(41)23-46-33/h4,6-9,12-15,20-21,27,30-31,38H,5,10-11,16-19,22-23H2,1-3H3,(H,43,44)/t30-,31+/m1/s1. The number of carbonyl (C=O) groups is 3. The van der Waals surface area contributed by atoms with Crippen molar-refractivity contribution >= 4 is 29.2 Å². The third-order valence-corrected chi connectivity index (χ3v) is 9.23. The van der Waals surface area contributed by atoms with Crippen molar-refractivity contribution in [2.45, 2.75) is 57.1 Å². The van der Waals surface area contributed by atoms with Gasteiger partial charge in [-0.25, -0.2) is 4.79 Å². The molecule has 0 unspecified atom stereocenters. The second-order valence-corrected chi connectivity index (χ2v) is 13.0. The predicted octanol–water partition coefficient (Wildman–Crippen LogP) is 5.25. The minimum absolute atomic E-state index is 0.0000906. The summed E-state index contributed by atoms with van der Waals surface area (Å²) in [6.45, 7) is 5.52. The summed E-state index contributed by atoms with van der Waals surface area (Å²) < 4.78 is 16.6. The van der Waals surface area contributed by atoms with Crippen molar-refractivity contribution in [2.24, 2.45) is 5.92 Å². The number of anilines is 2. The van der Waals surface area contributed by atoms with Crippen LogP contribution in [0.4, 0.5) is 11.4 Å². The number of aliphatic carboxylic acids is 1. The van der Waals surface area contributed by atoms with Crippen molar-refractivity contribution in [2.75, 3.05) is 49.8 Å². The Morgan fingerprint density at radius 3 is 2.55 bits per heavy atom. The molecule has 1 saturated heterocycles. The van der Waals surface area contributed by atoms with Crippen LogP contribution in [0.1, 0.15) is 51.0 Å². The van der Waals surface area contributed by atoms with Crippen LogP contribution >= 0.6 is 0 Å². The number of carboxylic acids is 1. The number of hydrogen-bond donors (Lipinski definition) is 2. The van der Waals surface area contributed by atoms with Gasteiger partial charge in [0.05, 0.1) is 11.6 Å². The largest absolute Gasteiger partial charge is 0.482 e. The Morgan fingerprint density at radius 2 is 1.83 bits per heavy atom. The average molecular weight is 642 g/mol. The molecule has 1 aliphatic carbocycles. The number of fused-ring (bicyclic) bond motifs is 1. The molecular weight excluding hydrogens is 598 g/mol. The first-order chi connectivity index (χ1) is 22.7. The number of benzene rings is 3. The summed E-state index contributed by atoms with van der Waals surface area (Å²) in [6, 6.07) is 21.6. The van der Waals surface area contributed by atoms with Gasteiger partial charge in [-0.05, 0) is 99.0 Å². The fraction of sp³-hybridized carbons (Fsp3) is 0.432. The Balaban J connectivity index is 1.25. The van der Waals surface area contributed by atoms with Gasteiger partial charge in [0, 0.05) is 38.5 Å². The van der Waals surface area contributed by atoms with E-state index in [9.17, 15) is 19.5 Å². The van der Waals surface area contributed by atoms with Gasteiger partial charge in [0.25, 0.3) is 5.91 Å². The lowest BCUT2D eigenvalue weighted by atomic mass is 9.79. The molecule has 2 amide bonds. The summed E-state index contributed by atoms with van der Waals surface area (Å²) in [5.74, 6) is -0.149. The summed E-state index contributed by atoms with van der Waals surface area (Å²) >= 11 is 0. The first-order valence-corrected chi connectivity index (χ1v) is 16.4. The topological polar surface area (TPSA) is 118 Å². The number of ether oxygens (including phenoxy) is 3. The number of rotatable bonds is 12. The van der Waals surface area contributed by atoms with Gasteiger partial charge in [0.15, 0.2) is 12.2 Å². The highest BCUT2D eigenvalue weighted by Gasteiger charge is 2.41. The zero-order chi connectivity index (χ0) is 33.1. The molecule has 0 bridgehead atoms. The smallest absolute Gasteiger partial charge is 0.347 e. The van der Waals surface area contributed by atoms with E-state index in [1.165, 1.54) is 13.8 Å². The fourth-order valence-corrected chi connectivity index (χ4v) is 6.50. The molecule has 3 aromatic carbocycles. The molecule has 10 nitrogen and oxygen atoms in total. The maximum Gasteiger partial charge on any atom is 0.347 e. The normalized spacial score (nSPS) is 19.5. The Hall–Kier alpha value is -4.41. The molecule has 1 saturated carbocycles. The Morgan fingerprint density at radius 1 is 1.04 bits per heavy atom. The van der Waals surface area contributed by atoms with E-state index >= 15 is 0 Å². The third kappa shape index (κ3) is 7.13. The van der Waals surface area contributed by atoms with Crippen LogP contribution in [0.25, 0.3) is 11.1 Å². The molecule has 2 heterocycles. The molecule has 2 atom stereocenters. The van der Waals surface area contributed by atoms with Crippen molar-refractivity contribution in [1.29, 1.82) is 0 Å². The maximum atomic E-state index is 14.5. The highest BCUT2D eigenvalue weighted by Crippen LogP contribution is 2.42. The molecule has 2 N–H and O–H groups in total. The van der Waals surface area contributed by atoms with E-state index in [1.807, 2.05) is 47.4 Å². The van der Waals surface area contributed by atoms with E-state index < -0.39 is 11.6 Å². The monoisotopic (exact) mass is 641 g/mol. The summed E-state index contributed by atoms with van der Waals surface area (Å²) in [6.07, 6.45) is 3.42. The number of amides is 2. The van der Waals surface area contributed by atoms with Crippen LogP contribution in [-0.2, 0) is 19.1 Å². The highest BCUT2D eigenvalue weighted by molar-refractivity contribution is 6.01. The average Bonchev–Trinajstić information content (AvgIpc) is 3.91. The van der Waals surface area contributed by atoms with E-state index in [0.29, 0.717) is 43.3 Å². The fourth-order valence-electron chi connectivity index (χ4n) is 6.50. The molecule has 6 rings (SSSR count). The number of piperidine rings is 1. The number of nitrogens with zero attached hydrogens (tertiary/aromatic N) is 2. The van der Waals surface area contributed by atoms with Gasteiger partial charge in [-0.3, -0.25) is 9.59 Å². The Labute approximate surface area is 275 Å². The molecule has 47 heavy (non-hydrogen) atoms. The third-order valence-electron chi connectivity index (χ3n) is 9.23. The molecule has 3 aliphatic rings. The first-order valence-electron chi connectivity index (χ1n) is 16.4. The van der Waals surface area contributed by atoms with Crippen molar-refractivity contribution in [1.82, 2.24) is 5.32 Å². The molecule has 10 heteroatoms. The van der Waals surface area contributed by atoms with Crippen molar-refractivity contribution < 1.29 is 33.7 Å². The van der Waals surface area contributed by atoms with Crippen LogP contribution < -0.4 is 24.6 Å². The minimum Gasteiger partial charge on any atom is -0.482 e. The molecular formula is C37H43N3O7. The van der Waals surface area contributed by atoms with Gasteiger partial charge in [-0.2, -0.15) is 0 Å². The van der Waals surface area contributed by atoms with Crippen molar-refractivity contribution in [3.8, 4) is 22.6 Å². The van der Waals surface area contributed by atoms with E-state index in [-0.39, 0.29) is 36.3 Å². The molecule has 2 fully saturated rings. The van der Waals surface area contributed by atoms with E-state index in [4.69, 9.17) is 14.2 Å². The number of carbonyl (C=O) groups excluding carboxylic acids is 2. The highest BCUT2D eigenvalue weighted by atomic mass is 16.5. The molecule has 3 aromatic rings. The lowest BCUT2D eigenvalue weighted by Crippen LogP contribution is -2.47. The van der Waals surface area contributed by atoms with E-state index in [2.05, 4.69) is 17.4 Å². The van der Waals surface area contributed by atoms with Crippen LogP contribution in [0.15, 0.2) is 66.7 Å². The lowest BCUT2D eigenvalue weighted by molar-refractivity contribution is -0.152. The quantitative estimate of drug-likeness (QED) is 0.258. The van der Waals surface area contributed by atoms with Crippen LogP contribution in [0.2, 0.25) is 0 Å². The van der Waals surface area contributed by atoms with Gasteiger partial charge < -0.3 is 34.4 Å².